The van der Waals surface area contributed by atoms with Crippen LogP contribution < -0.4 is 5.73 Å². The Hall–Kier alpha value is -2.62. The molecule has 1 amide bonds. The van der Waals surface area contributed by atoms with Gasteiger partial charge >= 0.3 is 0 Å². The Morgan fingerprint density at radius 2 is 2.22 bits per heavy atom. The van der Waals surface area contributed by atoms with E-state index in [9.17, 15) is 4.79 Å². The number of amides is 1. The van der Waals surface area contributed by atoms with Gasteiger partial charge in [-0.15, -0.1) is 10.2 Å². The van der Waals surface area contributed by atoms with E-state index in [1.807, 2.05) is 16.7 Å². The van der Waals surface area contributed by atoms with Crippen LogP contribution in [-0.4, -0.2) is 30.8 Å². The third kappa shape index (κ3) is 5.43. The monoisotopic (exact) mass is 390 g/mol. The highest BCUT2D eigenvalue weighted by atomic mass is 32.2. The summed E-state index contributed by atoms with van der Waals surface area (Å²) in [6.45, 7) is 4.67. The van der Waals surface area contributed by atoms with Gasteiger partial charge in [-0.05, 0) is 18.1 Å². The van der Waals surface area contributed by atoms with Gasteiger partial charge in [0.15, 0.2) is 11.0 Å². The maximum absolute atomic E-state index is 11.1. The average Bonchev–Trinajstić information content (AvgIpc) is 3.33. The average molecular weight is 390 g/mol. The Morgan fingerprint density at radius 1 is 1.37 bits per heavy atom. The van der Waals surface area contributed by atoms with Crippen molar-refractivity contribution in [1.29, 1.82) is 0 Å². The number of carbonyl (C=O) groups excluding carboxylic acids is 1. The molecule has 2 N–H and O–H groups in total. The molecule has 0 saturated carbocycles. The zero-order chi connectivity index (χ0) is 19.2. The largest absolute Gasteiger partial charge is 0.467 e. The molecule has 27 heavy (non-hydrogen) atoms. The fourth-order valence-corrected chi connectivity index (χ4v) is 3.27. The molecule has 144 valence electrons. The van der Waals surface area contributed by atoms with Gasteiger partial charge < -0.3 is 14.7 Å². The quantitative estimate of drug-likeness (QED) is 0.522. The summed E-state index contributed by atoms with van der Waals surface area (Å²) in [4.78, 5) is 15.5. The van der Waals surface area contributed by atoms with E-state index < -0.39 is 0 Å². The first-order valence-corrected chi connectivity index (χ1v) is 9.67. The summed E-state index contributed by atoms with van der Waals surface area (Å²) < 4.78 is 12.6. The number of aryl methyl sites for hydroxylation is 1. The number of nitrogens with zero attached hydrogens (tertiary/aromatic N) is 5. The van der Waals surface area contributed by atoms with Gasteiger partial charge in [-0.25, -0.2) is 0 Å². The second-order valence-corrected chi connectivity index (χ2v) is 7.46. The first-order valence-electron chi connectivity index (χ1n) is 8.68. The first kappa shape index (κ1) is 19.2. The SMILES string of the molecule is CC(C)Cc1nc(CSc2nnc(CCC(N)=O)n2Cc2ccco2)no1. The van der Waals surface area contributed by atoms with Crippen LogP contribution in [0.2, 0.25) is 0 Å². The molecule has 3 heterocycles. The third-order valence-electron chi connectivity index (χ3n) is 3.71. The maximum atomic E-state index is 11.1. The number of primary amides is 1. The number of furan rings is 1. The van der Waals surface area contributed by atoms with Crippen LogP contribution >= 0.6 is 11.8 Å². The van der Waals surface area contributed by atoms with Crippen molar-refractivity contribution < 1.29 is 13.7 Å². The molecule has 0 atom stereocenters. The molecule has 0 bridgehead atoms. The summed E-state index contributed by atoms with van der Waals surface area (Å²) in [5, 5.41) is 13.2. The smallest absolute Gasteiger partial charge is 0.226 e. The minimum atomic E-state index is -0.374. The van der Waals surface area contributed by atoms with Gasteiger partial charge in [-0.1, -0.05) is 30.8 Å². The summed E-state index contributed by atoms with van der Waals surface area (Å²) in [6.07, 6.45) is 3.00. The molecule has 0 radical (unpaired) electrons. The Balaban J connectivity index is 1.71. The van der Waals surface area contributed by atoms with E-state index in [2.05, 4.69) is 34.2 Å². The molecule has 0 fully saturated rings. The molecule has 0 saturated heterocycles. The van der Waals surface area contributed by atoms with E-state index in [1.54, 1.807) is 6.26 Å². The van der Waals surface area contributed by atoms with Crippen molar-refractivity contribution in [2.45, 2.75) is 50.6 Å². The second kappa shape index (κ2) is 8.85. The van der Waals surface area contributed by atoms with Crippen LogP contribution in [0, 0.1) is 5.92 Å². The highest BCUT2D eigenvalue weighted by Crippen LogP contribution is 2.23. The van der Waals surface area contributed by atoms with E-state index in [0.717, 1.165) is 12.2 Å². The number of carbonyl (C=O) groups is 1. The van der Waals surface area contributed by atoms with E-state index in [4.69, 9.17) is 14.7 Å². The van der Waals surface area contributed by atoms with Crippen LogP contribution in [0.4, 0.5) is 0 Å². The van der Waals surface area contributed by atoms with Gasteiger partial charge in [-0.3, -0.25) is 9.36 Å². The minimum Gasteiger partial charge on any atom is -0.467 e. The van der Waals surface area contributed by atoms with Gasteiger partial charge in [0, 0.05) is 19.3 Å². The van der Waals surface area contributed by atoms with Crippen molar-refractivity contribution in [3.63, 3.8) is 0 Å². The lowest BCUT2D eigenvalue weighted by Gasteiger charge is -2.07. The summed E-state index contributed by atoms with van der Waals surface area (Å²) >= 11 is 1.46. The molecule has 3 aromatic rings. The van der Waals surface area contributed by atoms with E-state index in [-0.39, 0.29) is 12.3 Å². The first-order chi connectivity index (χ1) is 13.0. The van der Waals surface area contributed by atoms with Crippen molar-refractivity contribution >= 4 is 17.7 Å². The molecule has 9 nitrogen and oxygen atoms in total. The standard InChI is InChI=1S/C17H22N6O3S/c1-11(2)8-16-19-14(22-26-16)10-27-17-21-20-15(6-5-13(18)24)23(17)9-12-4-3-7-25-12/h3-4,7,11H,5-6,8-10H2,1-2H3,(H2,18,24). The van der Waals surface area contributed by atoms with Gasteiger partial charge in [0.2, 0.25) is 11.8 Å². The fourth-order valence-electron chi connectivity index (χ4n) is 2.47. The van der Waals surface area contributed by atoms with Crippen molar-refractivity contribution in [3.05, 3.63) is 41.7 Å². The Bertz CT molecular complexity index is 871. The summed E-state index contributed by atoms with van der Waals surface area (Å²) in [6, 6.07) is 3.70. The van der Waals surface area contributed by atoms with Crippen LogP contribution in [0.5, 0.6) is 0 Å². The molecule has 3 aromatic heterocycles. The number of hydrogen-bond donors (Lipinski definition) is 1. The van der Waals surface area contributed by atoms with Crippen molar-refractivity contribution in [1.82, 2.24) is 24.9 Å². The molecule has 0 aliphatic carbocycles. The van der Waals surface area contributed by atoms with Gasteiger partial charge in [-0.2, -0.15) is 4.98 Å². The molecule has 0 spiro atoms. The van der Waals surface area contributed by atoms with Gasteiger partial charge in [0.05, 0.1) is 18.6 Å². The van der Waals surface area contributed by atoms with Crippen molar-refractivity contribution in [2.24, 2.45) is 11.7 Å². The zero-order valence-electron chi connectivity index (χ0n) is 15.3. The lowest BCUT2D eigenvalue weighted by atomic mass is 10.1. The fraction of sp³-hybridized carbons (Fsp3) is 0.471. The predicted molar refractivity (Wildman–Crippen MR) is 97.7 cm³/mol. The number of nitrogens with two attached hydrogens (primary N) is 1. The molecule has 0 aliphatic rings. The molecule has 0 unspecified atom stereocenters. The van der Waals surface area contributed by atoms with Crippen molar-refractivity contribution in [3.8, 4) is 0 Å². The van der Waals surface area contributed by atoms with Crippen LogP contribution in [0.3, 0.4) is 0 Å². The van der Waals surface area contributed by atoms with Crippen LogP contribution in [-0.2, 0) is 29.9 Å². The van der Waals surface area contributed by atoms with Crippen LogP contribution in [0.25, 0.3) is 0 Å². The van der Waals surface area contributed by atoms with E-state index >= 15 is 0 Å². The van der Waals surface area contributed by atoms with Crippen molar-refractivity contribution in [2.75, 3.05) is 0 Å². The lowest BCUT2D eigenvalue weighted by Crippen LogP contribution is -2.14. The summed E-state index contributed by atoms with van der Waals surface area (Å²) in [5.74, 6) is 3.29. The Labute approximate surface area is 160 Å². The highest BCUT2D eigenvalue weighted by molar-refractivity contribution is 7.98. The topological polar surface area (TPSA) is 126 Å². The maximum Gasteiger partial charge on any atom is 0.226 e. The predicted octanol–water partition coefficient (Wildman–Crippen LogP) is 2.21. The molecule has 3 rings (SSSR count). The summed E-state index contributed by atoms with van der Waals surface area (Å²) in [7, 11) is 0. The van der Waals surface area contributed by atoms with Crippen LogP contribution in [0.15, 0.2) is 32.5 Å². The van der Waals surface area contributed by atoms with E-state index in [1.165, 1.54) is 11.8 Å². The lowest BCUT2D eigenvalue weighted by molar-refractivity contribution is -0.118. The normalized spacial score (nSPS) is 11.4. The second-order valence-electron chi connectivity index (χ2n) is 6.52. The Kier molecular flexibility index (Phi) is 6.28. The molecule has 10 heteroatoms. The number of thioether (sulfide) groups is 1. The Morgan fingerprint density at radius 3 is 2.93 bits per heavy atom. The molecular weight excluding hydrogens is 368 g/mol. The number of rotatable bonds is 10. The van der Waals surface area contributed by atoms with Gasteiger partial charge in [0.25, 0.3) is 0 Å². The zero-order valence-corrected chi connectivity index (χ0v) is 16.1. The van der Waals surface area contributed by atoms with Crippen LogP contribution in [0.1, 0.15) is 43.6 Å². The highest BCUT2D eigenvalue weighted by Gasteiger charge is 2.16. The van der Waals surface area contributed by atoms with Gasteiger partial charge in [0.1, 0.15) is 11.6 Å². The van der Waals surface area contributed by atoms with E-state index in [0.29, 0.717) is 47.3 Å². The number of hydrogen-bond acceptors (Lipinski definition) is 8. The summed E-state index contributed by atoms with van der Waals surface area (Å²) in [5.41, 5.74) is 5.26. The number of aromatic nitrogens is 5. The molecular formula is C17H22N6O3S. The third-order valence-corrected chi connectivity index (χ3v) is 4.67. The molecule has 0 aromatic carbocycles. The minimum absolute atomic E-state index is 0.213. The molecule has 0 aliphatic heterocycles.